The van der Waals surface area contributed by atoms with Crippen LogP contribution < -0.4 is 37.3 Å². The largest absolute Gasteiger partial charge is 0.508 e. The second-order valence-corrected chi connectivity index (χ2v) is 19.0. The molecule has 3 aromatic carbocycles. The van der Waals surface area contributed by atoms with Gasteiger partial charge in [0.2, 0.25) is 21.8 Å². The number of amides is 2. The number of phenolic OH excluding ortho intramolecular Hbond substituents is 1. The van der Waals surface area contributed by atoms with Gasteiger partial charge in [0.1, 0.15) is 29.2 Å². The molecule has 0 saturated heterocycles. The maximum Gasteiger partial charge on any atom is 0.253 e. The third kappa shape index (κ3) is 10.8. The van der Waals surface area contributed by atoms with E-state index in [1.54, 1.807) is 56.4 Å². The zero-order valence-corrected chi connectivity index (χ0v) is 36.6. The fourth-order valence-electron chi connectivity index (χ4n) is 7.64. The number of guanidine groups is 1. The third-order valence-electron chi connectivity index (χ3n) is 10.8. The predicted octanol–water partition coefficient (Wildman–Crippen LogP) is 3.93. The number of nitrogens with two attached hydrogens (primary N) is 3. The molecule has 0 spiro atoms. The van der Waals surface area contributed by atoms with Crippen molar-refractivity contribution >= 4 is 44.6 Å². The van der Waals surface area contributed by atoms with Crippen LogP contribution in [0.2, 0.25) is 0 Å². The van der Waals surface area contributed by atoms with Gasteiger partial charge >= 0.3 is 0 Å². The van der Waals surface area contributed by atoms with Gasteiger partial charge in [-0.25, -0.2) is 8.42 Å². The van der Waals surface area contributed by atoms with Crippen molar-refractivity contribution in [3.63, 3.8) is 0 Å². The number of carbonyl (C=O) groups excluding carboxylic acids is 3. The van der Waals surface area contributed by atoms with Crippen LogP contribution in [-0.4, -0.2) is 77.6 Å². The number of sulfonamides is 1. The molecule has 0 radical (unpaired) electrons. The Morgan fingerprint density at radius 1 is 0.950 bits per heavy atom. The zero-order chi connectivity index (χ0) is 44.3. The van der Waals surface area contributed by atoms with Crippen LogP contribution in [0.1, 0.15) is 92.1 Å². The van der Waals surface area contributed by atoms with Gasteiger partial charge in [0.15, 0.2) is 5.96 Å². The maximum absolute atomic E-state index is 14.6. The SMILES string of the molecule is Cc1c(C)c(S(=O)(=O)N[C@@H](Cc2cn(C(=O)[C@H](CCCN=C(N)N)NC(=O)[C@@H](N)Cc3ccc(O)cc3)c3ccccc23)C(=O)NC(C)(C)C)c(C)c2c1OC(C)(C)CC2. The van der Waals surface area contributed by atoms with Crippen LogP contribution in [-0.2, 0) is 38.9 Å². The van der Waals surface area contributed by atoms with Crippen molar-refractivity contribution in [1.82, 2.24) is 19.9 Å². The van der Waals surface area contributed by atoms with Crippen LogP contribution in [0.25, 0.3) is 10.9 Å². The molecule has 0 saturated carbocycles. The Bertz CT molecular complexity index is 2400. The Morgan fingerprint density at radius 2 is 1.62 bits per heavy atom. The van der Waals surface area contributed by atoms with E-state index < -0.39 is 57.0 Å². The first-order chi connectivity index (χ1) is 28.0. The van der Waals surface area contributed by atoms with Gasteiger partial charge in [0, 0.05) is 23.7 Å². The van der Waals surface area contributed by atoms with Gasteiger partial charge in [0.25, 0.3) is 5.91 Å². The molecule has 4 aromatic rings. The van der Waals surface area contributed by atoms with Gasteiger partial charge in [0.05, 0.1) is 16.5 Å². The standard InChI is InChI=1S/C44H60N8O7S/c1-25-26(2)38(27(3)31-19-20-44(7,8)59-37(25)31)60(57,58)51-35(40(55)50-43(4,5)6)23-29-24-52(36-14-10-9-12-32(29)36)41(56)34(13-11-21-48-42(46)47)49-39(54)33(45)22-28-15-17-30(53)18-16-28/h9-10,12,14-18,24,33-35,51,53H,11,13,19-23,45H2,1-8H3,(H,49,54)(H,50,55)(H4,46,47,48)/t33-,34-,35-/m0/s1. The Hall–Kier alpha value is -5.45. The van der Waals surface area contributed by atoms with Crippen molar-refractivity contribution in [2.45, 2.75) is 128 Å². The minimum absolute atomic E-state index is 0.0783. The molecule has 3 atom stereocenters. The lowest BCUT2D eigenvalue weighted by Crippen LogP contribution is -2.53. The molecule has 2 heterocycles. The summed E-state index contributed by atoms with van der Waals surface area (Å²) in [5.41, 5.74) is 20.7. The first-order valence-electron chi connectivity index (χ1n) is 20.2. The lowest BCUT2D eigenvalue weighted by atomic mass is 9.88. The van der Waals surface area contributed by atoms with E-state index in [2.05, 4.69) is 20.3 Å². The Morgan fingerprint density at radius 3 is 2.27 bits per heavy atom. The normalized spacial score (nSPS) is 15.3. The van der Waals surface area contributed by atoms with Crippen LogP contribution in [0.4, 0.5) is 0 Å². The van der Waals surface area contributed by atoms with Crippen LogP contribution in [0.5, 0.6) is 11.5 Å². The van der Waals surface area contributed by atoms with E-state index in [0.29, 0.717) is 52.6 Å². The second-order valence-electron chi connectivity index (χ2n) is 17.4. The molecule has 2 amide bonds. The Kier molecular flexibility index (Phi) is 13.7. The molecule has 1 aromatic heterocycles. The van der Waals surface area contributed by atoms with E-state index in [1.165, 1.54) is 16.7 Å². The lowest BCUT2D eigenvalue weighted by Gasteiger charge is -2.36. The minimum Gasteiger partial charge on any atom is -0.508 e. The average Bonchev–Trinajstić information content (AvgIpc) is 3.52. The number of para-hydroxylation sites is 1. The number of ether oxygens (including phenoxy) is 1. The molecule has 324 valence electrons. The van der Waals surface area contributed by atoms with Gasteiger partial charge in [-0.1, -0.05) is 30.3 Å². The van der Waals surface area contributed by atoms with Gasteiger partial charge in [-0.3, -0.25) is 23.9 Å². The van der Waals surface area contributed by atoms with Crippen molar-refractivity contribution in [3.8, 4) is 11.5 Å². The number of fused-ring (bicyclic) bond motifs is 2. The second kappa shape index (κ2) is 18.0. The van der Waals surface area contributed by atoms with Crippen LogP contribution in [0.15, 0.2) is 64.6 Å². The average molecular weight is 845 g/mol. The van der Waals surface area contributed by atoms with Gasteiger partial charge < -0.3 is 37.7 Å². The molecular formula is C44H60N8O7S. The van der Waals surface area contributed by atoms with Gasteiger partial charge in [-0.2, -0.15) is 4.72 Å². The number of aliphatic imine (C=N–C) groups is 1. The van der Waals surface area contributed by atoms with Gasteiger partial charge in [-0.05, 0) is 145 Å². The smallest absolute Gasteiger partial charge is 0.253 e. The van der Waals surface area contributed by atoms with Crippen LogP contribution in [0.3, 0.4) is 0 Å². The summed E-state index contributed by atoms with van der Waals surface area (Å²) in [5, 5.41) is 16.0. The number of phenols is 1. The fraction of sp³-hybridized carbons (Fsp3) is 0.455. The molecule has 0 aliphatic carbocycles. The predicted molar refractivity (Wildman–Crippen MR) is 234 cm³/mol. The molecule has 10 N–H and O–H groups in total. The molecule has 0 unspecified atom stereocenters. The number of hydrogen-bond acceptors (Lipinski definition) is 9. The molecule has 0 fully saturated rings. The summed E-state index contributed by atoms with van der Waals surface area (Å²) in [6.07, 6.45) is 3.48. The monoisotopic (exact) mass is 844 g/mol. The number of hydrogen-bond donors (Lipinski definition) is 7. The quantitative estimate of drug-likeness (QED) is 0.0516. The molecule has 5 rings (SSSR count). The maximum atomic E-state index is 14.6. The molecule has 1 aliphatic heterocycles. The highest BCUT2D eigenvalue weighted by molar-refractivity contribution is 7.89. The summed E-state index contributed by atoms with van der Waals surface area (Å²) in [4.78, 5) is 46.3. The van der Waals surface area contributed by atoms with Crippen molar-refractivity contribution in [1.29, 1.82) is 0 Å². The highest BCUT2D eigenvalue weighted by Crippen LogP contribution is 2.42. The first kappa shape index (κ1) is 45.6. The van der Waals surface area contributed by atoms with E-state index in [4.69, 9.17) is 21.9 Å². The first-order valence-corrected chi connectivity index (χ1v) is 21.6. The third-order valence-corrected chi connectivity index (χ3v) is 12.5. The number of nitrogens with one attached hydrogen (secondary N) is 3. The number of carbonyl (C=O) groups is 3. The summed E-state index contributed by atoms with van der Waals surface area (Å²) >= 11 is 0. The van der Waals surface area contributed by atoms with E-state index in [0.717, 1.165) is 16.7 Å². The molecular weight excluding hydrogens is 785 g/mol. The molecule has 60 heavy (non-hydrogen) atoms. The lowest BCUT2D eigenvalue weighted by molar-refractivity contribution is -0.124. The number of nitrogens with zero attached hydrogens (tertiary/aromatic N) is 2. The molecule has 16 heteroatoms. The van der Waals surface area contributed by atoms with Crippen molar-refractivity contribution in [2.75, 3.05) is 6.54 Å². The van der Waals surface area contributed by atoms with Crippen LogP contribution in [0, 0.1) is 20.8 Å². The van der Waals surface area contributed by atoms with Crippen LogP contribution >= 0.6 is 0 Å². The van der Waals surface area contributed by atoms with Crippen molar-refractivity contribution in [3.05, 3.63) is 88.1 Å². The van der Waals surface area contributed by atoms with Gasteiger partial charge in [-0.15, -0.1) is 0 Å². The molecule has 15 nitrogen and oxygen atoms in total. The highest BCUT2D eigenvalue weighted by Gasteiger charge is 2.36. The van der Waals surface area contributed by atoms with Crippen molar-refractivity contribution < 1.29 is 32.6 Å². The van der Waals surface area contributed by atoms with E-state index in [9.17, 15) is 27.9 Å². The zero-order valence-electron chi connectivity index (χ0n) is 35.8. The fourth-order valence-corrected chi connectivity index (χ4v) is 9.41. The number of rotatable bonds is 15. The van der Waals surface area contributed by atoms with E-state index in [1.807, 2.05) is 41.5 Å². The van der Waals surface area contributed by atoms with E-state index >= 15 is 0 Å². The topological polar surface area (TPSA) is 246 Å². The molecule has 1 aliphatic rings. The summed E-state index contributed by atoms with van der Waals surface area (Å²) in [6, 6.07) is 10.0. The van der Waals surface area contributed by atoms with E-state index in [-0.39, 0.29) is 42.4 Å². The summed E-state index contributed by atoms with van der Waals surface area (Å²) in [7, 11) is -4.31. The Labute approximate surface area is 352 Å². The summed E-state index contributed by atoms with van der Waals surface area (Å²) in [5.74, 6) is -0.919. The highest BCUT2D eigenvalue weighted by atomic mass is 32.2. The Balaban J connectivity index is 1.50. The number of aromatic hydroxyl groups is 1. The summed E-state index contributed by atoms with van der Waals surface area (Å²) in [6.45, 7) is 15.0. The molecule has 0 bridgehead atoms. The summed E-state index contributed by atoms with van der Waals surface area (Å²) < 4.78 is 39.6. The minimum atomic E-state index is -4.31. The van der Waals surface area contributed by atoms with Crippen molar-refractivity contribution in [2.24, 2.45) is 22.2 Å². The number of aromatic nitrogens is 1. The number of benzene rings is 3.